The summed E-state index contributed by atoms with van der Waals surface area (Å²) in [7, 11) is 1.20. The maximum atomic E-state index is 13.6. The lowest BCUT2D eigenvalue weighted by Gasteiger charge is -2.30. The first-order chi connectivity index (χ1) is 39.4. The highest BCUT2D eigenvalue weighted by molar-refractivity contribution is 7.45. The van der Waals surface area contributed by atoms with Crippen LogP contribution < -0.4 is 10.2 Å². The van der Waals surface area contributed by atoms with Gasteiger partial charge in [0.15, 0.2) is 0 Å². The Morgan fingerprint density at radius 1 is 0.420 bits per heavy atom. The second kappa shape index (κ2) is 61.3. The van der Waals surface area contributed by atoms with Gasteiger partial charge in [-0.15, -0.1) is 0 Å². The Balaban J connectivity index is 5.02. The summed E-state index contributed by atoms with van der Waals surface area (Å²) in [5, 5.41) is 3.04. The Hall–Kier alpha value is -1.77. The van der Waals surface area contributed by atoms with Crippen LogP contribution >= 0.6 is 7.82 Å². The second-order valence-electron chi connectivity index (χ2n) is 25.4. The van der Waals surface area contributed by atoms with Gasteiger partial charge in [0.2, 0.25) is 5.91 Å². The molecule has 0 aliphatic heterocycles. The van der Waals surface area contributed by atoms with Gasteiger partial charge in [-0.2, -0.15) is 0 Å². The molecular formula is C71H137N2O7P. The summed E-state index contributed by atoms with van der Waals surface area (Å²) in [4.78, 5) is 40.1. The van der Waals surface area contributed by atoms with Crippen LogP contribution in [0.25, 0.3) is 0 Å². The number of rotatable bonds is 65. The van der Waals surface area contributed by atoms with Crippen molar-refractivity contribution in [1.29, 1.82) is 0 Å². The molecule has 0 spiro atoms. The molecule has 1 amide bonds. The number of carbonyl (C=O) groups excluding carboxylic acids is 2. The first-order valence-corrected chi connectivity index (χ1v) is 36.8. The number of nitrogens with one attached hydrogen (secondary N) is 1. The van der Waals surface area contributed by atoms with E-state index in [0.29, 0.717) is 17.4 Å². The monoisotopic (exact) mass is 1160 g/mol. The van der Waals surface area contributed by atoms with Crippen LogP contribution in [0.2, 0.25) is 0 Å². The van der Waals surface area contributed by atoms with E-state index >= 15 is 0 Å². The van der Waals surface area contributed by atoms with Crippen molar-refractivity contribution in [3.05, 3.63) is 36.5 Å². The Labute approximate surface area is 504 Å². The molecule has 0 radical (unpaired) electrons. The van der Waals surface area contributed by atoms with E-state index in [-0.39, 0.29) is 31.5 Å². The van der Waals surface area contributed by atoms with Gasteiger partial charge in [0, 0.05) is 12.8 Å². The van der Waals surface area contributed by atoms with Crippen molar-refractivity contribution >= 4 is 19.7 Å². The highest BCUT2D eigenvalue weighted by Crippen LogP contribution is 2.38. The zero-order valence-corrected chi connectivity index (χ0v) is 55.7. The smallest absolute Gasteiger partial charge is 0.306 e. The number of esters is 1. The molecule has 0 saturated heterocycles. The van der Waals surface area contributed by atoms with E-state index in [9.17, 15) is 19.0 Å². The lowest BCUT2D eigenvalue weighted by molar-refractivity contribution is -0.870. The number of phosphoric ester groups is 1. The number of likely N-dealkylation sites (N-methyl/N-ethyl adjacent to an activating group) is 1. The average molecular weight is 1160 g/mol. The van der Waals surface area contributed by atoms with Crippen LogP contribution in [0.1, 0.15) is 355 Å². The largest absolute Gasteiger partial charge is 0.756 e. The molecule has 9 nitrogen and oxygen atoms in total. The Bertz CT molecular complexity index is 1480. The minimum absolute atomic E-state index is 0.0200. The summed E-state index contributed by atoms with van der Waals surface area (Å²) in [6.07, 6.45) is 75.5. The van der Waals surface area contributed by atoms with Crippen molar-refractivity contribution in [2.24, 2.45) is 0 Å². The maximum absolute atomic E-state index is 13.6. The number of amides is 1. The summed E-state index contributed by atoms with van der Waals surface area (Å²) in [6.45, 7) is 6.88. The maximum Gasteiger partial charge on any atom is 0.306 e. The molecule has 0 aromatic carbocycles. The first kappa shape index (κ1) is 79.2. The molecule has 0 rings (SSSR count). The van der Waals surface area contributed by atoms with E-state index in [1.807, 2.05) is 33.3 Å². The van der Waals surface area contributed by atoms with Crippen LogP contribution in [0, 0.1) is 0 Å². The number of unbranched alkanes of at least 4 members (excludes halogenated alkanes) is 45. The van der Waals surface area contributed by atoms with Crippen LogP contribution in [0.3, 0.4) is 0 Å². The van der Waals surface area contributed by atoms with Crippen LogP contribution in [0.15, 0.2) is 36.5 Å². The molecule has 0 aromatic heterocycles. The SMILES string of the molecule is CCCCCCCC/C=C/CCCCCCCCCCCCCCCC(=O)OC(/C=C/CCCCCCCCCCC)C(COP(=O)([O-])OCC[N+](C)(C)C)NC(=O)CCCCCCCCCCCCC/C=C/CCCCCCCC. The molecule has 0 saturated carbocycles. The summed E-state index contributed by atoms with van der Waals surface area (Å²) < 4.78 is 30.4. The molecule has 3 atom stereocenters. The lowest BCUT2D eigenvalue weighted by Crippen LogP contribution is -2.47. The van der Waals surface area contributed by atoms with E-state index in [0.717, 1.165) is 57.8 Å². The van der Waals surface area contributed by atoms with Gasteiger partial charge in [-0.05, 0) is 83.1 Å². The van der Waals surface area contributed by atoms with E-state index < -0.39 is 20.0 Å². The summed E-state index contributed by atoms with van der Waals surface area (Å²) >= 11 is 0. The summed E-state index contributed by atoms with van der Waals surface area (Å²) in [5.41, 5.74) is 0. The molecule has 0 aliphatic rings. The second-order valence-corrected chi connectivity index (χ2v) is 26.8. The fourth-order valence-electron chi connectivity index (χ4n) is 10.6. The van der Waals surface area contributed by atoms with Gasteiger partial charge in [-0.25, -0.2) is 0 Å². The number of carbonyl (C=O) groups is 2. The quantitative estimate of drug-likeness (QED) is 0.0212. The number of nitrogens with zero attached hydrogens (tertiary/aromatic N) is 1. The van der Waals surface area contributed by atoms with Crippen molar-refractivity contribution < 1.29 is 37.3 Å². The molecule has 10 heteroatoms. The van der Waals surface area contributed by atoms with Crippen molar-refractivity contribution in [1.82, 2.24) is 5.32 Å². The minimum Gasteiger partial charge on any atom is -0.756 e. The Kier molecular flexibility index (Phi) is 60.0. The molecule has 81 heavy (non-hydrogen) atoms. The molecule has 0 aromatic rings. The number of phosphoric acid groups is 1. The highest BCUT2D eigenvalue weighted by atomic mass is 31.2. The van der Waals surface area contributed by atoms with Crippen molar-refractivity contribution in [2.75, 3.05) is 40.9 Å². The highest BCUT2D eigenvalue weighted by Gasteiger charge is 2.27. The predicted octanol–water partition coefficient (Wildman–Crippen LogP) is 21.6. The molecule has 0 heterocycles. The zero-order chi connectivity index (χ0) is 59.3. The molecule has 0 bridgehead atoms. The zero-order valence-electron chi connectivity index (χ0n) is 54.8. The molecule has 3 unspecified atom stereocenters. The summed E-state index contributed by atoms with van der Waals surface area (Å²) in [6, 6.07) is -0.886. The van der Waals surface area contributed by atoms with E-state index in [2.05, 4.69) is 50.4 Å². The Morgan fingerprint density at radius 3 is 1.05 bits per heavy atom. The third-order valence-corrected chi connectivity index (χ3v) is 17.0. The van der Waals surface area contributed by atoms with Gasteiger partial charge < -0.3 is 28.5 Å². The number of hydrogen-bond donors (Lipinski definition) is 1. The predicted molar refractivity (Wildman–Crippen MR) is 349 cm³/mol. The van der Waals surface area contributed by atoms with E-state index in [4.69, 9.17) is 13.8 Å². The fourth-order valence-corrected chi connectivity index (χ4v) is 11.3. The molecule has 0 aliphatic carbocycles. The Morgan fingerprint density at radius 2 is 0.716 bits per heavy atom. The topological polar surface area (TPSA) is 114 Å². The van der Waals surface area contributed by atoms with Crippen molar-refractivity contribution in [2.45, 2.75) is 367 Å². The number of allylic oxidation sites excluding steroid dienone is 5. The fraction of sp³-hybridized carbons (Fsp3) is 0.887. The normalized spacial score (nSPS) is 13.7. The van der Waals surface area contributed by atoms with Crippen molar-refractivity contribution in [3.8, 4) is 0 Å². The third kappa shape index (κ3) is 62.6. The molecule has 478 valence electrons. The van der Waals surface area contributed by atoms with Gasteiger partial charge in [-0.3, -0.25) is 14.2 Å². The standard InChI is InChI=1S/C71H137N2O7P/c1-7-10-13-16-19-22-25-27-29-31-33-35-36-38-40-42-44-46-49-52-55-58-61-64-71(75)80-69(62-59-56-53-50-47-24-21-18-15-12-9-3)68(67-79-81(76,77)78-66-65-73(4,5)6)72-70(74)63-60-57-54-51-48-45-43-41-39-37-34-32-30-28-26-23-20-17-14-11-8-2/h27-30,59,62,68-69H,7-26,31-58,60-61,63-67H2,1-6H3,(H-,72,74,76,77)/b29-27+,30-28+,62-59+. The van der Waals surface area contributed by atoms with Crippen LogP contribution in [-0.4, -0.2) is 69.4 Å². The average Bonchev–Trinajstić information content (AvgIpc) is 3.44. The minimum atomic E-state index is -4.70. The van der Waals surface area contributed by atoms with Crippen LogP contribution in [-0.2, 0) is 27.9 Å². The molecular weight excluding hydrogens is 1020 g/mol. The number of ether oxygens (including phenoxy) is 1. The lowest BCUT2D eigenvalue weighted by atomic mass is 10.0. The van der Waals surface area contributed by atoms with Crippen LogP contribution in [0.5, 0.6) is 0 Å². The van der Waals surface area contributed by atoms with Crippen LogP contribution in [0.4, 0.5) is 0 Å². The van der Waals surface area contributed by atoms with Gasteiger partial charge in [0.1, 0.15) is 19.3 Å². The van der Waals surface area contributed by atoms with E-state index in [1.165, 1.54) is 263 Å². The molecule has 0 fully saturated rings. The first-order valence-electron chi connectivity index (χ1n) is 35.3. The number of hydrogen-bond acceptors (Lipinski definition) is 7. The van der Waals surface area contributed by atoms with Gasteiger partial charge in [-0.1, -0.05) is 295 Å². The third-order valence-electron chi connectivity index (χ3n) is 16.0. The molecule has 1 N–H and O–H groups in total. The number of quaternary nitrogens is 1. The van der Waals surface area contributed by atoms with Gasteiger partial charge in [0.25, 0.3) is 7.82 Å². The van der Waals surface area contributed by atoms with E-state index in [1.54, 1.807) is 0 Å². The van der Waals surface area contributed by atoms with Crippen molar-refractivity contribution in [3.63, 3.8) is 0 Å². The summed E-state index contributed by atoms with van der Waals surface area (Å²) in [5.74, 6) is -0.525. The van der Waals surface area contributed by atoms with Gasteiger partial charge >= 0.3 is 5.97 Å². The van der Waals surface area contributed by atoms with Gasteiger partial charge in [0.05, 0.1) is 33.8 Å².